The Balaban J connectivity index is 2.36. The van der Waals surface area contributed by atoms with Gasteiger partial charge in [0.1, 0.15) is 0 Å². The van der Waals surface area contributed by atoms with Crippen molar-refractivity contribution in [1.29, 1.82) is 0 Å². The Bertz CT molecular complexity index is 497. The molecular weight excluding hydrogens is 218 g/mol. The number of hydrogen-bond donors (Lipinski definition) is 1. The first-order valence-corrected chi connectivity index (χ1v) is 6.55. The summed E-state index contributed by atoms with van der Waals surface area (Å²) in [5.41, 5.74) is 5.36. The monoisotopic (exact) mass is 239 g/mol. The Labute approximate surface area is 110 Å². The van der Waals surface area contributed by atoms with Crippen LogP contribution in [-0.2, 0) is 6.54 Å². The summed E-state index contributed by atoms with van der Waals surface area (Å²) in [7, 11) is 1.98. The Morgan fingerprint density at radius 1 is 0.944 bits per heavy atom. The summed E-state index contributed by atoms with van der Waals surface area (Å²) >= 11 is 0. The first-order valence-electron chi connectivity index (χ1n) is 6.55. The summed E-state index contributed by atoms with van der Waals surface area (Å²) in [5.74, 6) is 0.589. The summed E-state index contributed by atoms with van der Waals surface area (Å²) in [6.07, 6.45) is 0. The average Bonchev–Trinajstić information content (AvgIpc) is 2.40. The van der Waals surface area contributed by atoms with Gasteiger partial charge < -0.3 is 5.32 Å². The number of hydrogen-bond acceptors (Lipinski definition) is 1. The minimum Gasteiger partial charge on any atom is -0.316 e. The Kier molecular flexibility index (Phi) is 4.16. The SMILES string of the molecule is CNCc1ccccc1-c1ccc(C(C)C)cc1. The molecule has 0 bridgehead atoms. The van der Waals surface area contributed by atoms with Crippen molar-refractivity contribution in [2.45, 2.75) is 26.3 Å². The fourth-order valence-corrected chi connectivity index (χ4v) is 2.19. The molecule has 2 rings (SSSR count). The average molecular weight is 239 g/mol. The van der Waals surface area contributed by atoms with Crippen LogP contribution in [0.1, 0.15) is 30.9 Å². The van der Waals surface area contributed by atoms with Crippen molar-refractivity contribution in [2.75, 3.05) is 7.05 Å². The van der Waals surface area contributed by atoms with E-state index in [1.165, 1.54) is 22.3 Å². The first kappa shape index (κ1) is 12.8. The zero-order valence-electron chi connectivity index (χ0n) is 11.4. The molecule has 0 spiro atoms. The zero-order chi connectivity index (χ0) is 13.0. The van der Waals surface area contributed by atoms with Gasteiger partial charge in [-0.15, -0.1) is 0 Å². The molecule has 0 amide bonds. The quantitative estimate of drug-likeness (QED) is 0.843. The van der Waals surface area contributed by atoms with Crippen LogP contribution >= 0.6 is 0 Å². The Morgan fingerprint density at radius 3 is 2.22 bits per heavy atom. The van der Waals surface area contributed by atoms with Crippen LogP contribution in [0.4, 0.5) is 0 Å². The van der Waals surface area contributed by atoms with Crippen LogP contribution in [0, 0.1) is 0 Å². The van der Waals surface area contributed by atoms with E-state index in [-0.39, 0.29) is 0 Å². The fraction of sp³-hybridized carbons (Fsp3) is 0.294. The Morgan fingerprint density at radius 2 is 1.61 bits per heavy atom. The summed E-state index contributed by atoms with van der Waals surface area (Å²) in [6.45, 7) is 5.36. The molecule has 0 unspecified atom stereocenters. The van der Waals surface area contributed by atoms with E-state index >= 15 is 0 Å². The molecule has 0 radical (unpaired) electrons. The van der Waals surface area contributed by atoms with E-state index in [0.717, 1.165) is 6.54 Å². The number of benzene rings is 2. The largest absolute Gasteiger partial charge is 0.316 e. The van der Waals surface area contributed by atoms with Crippen LogP contribution in [0.3, 0.4) is 0 Å². The fourth-order valence-electron chi connectivity index (χ4n) is 2.19. The van der Waals surface area contributed by atoms with Crippen molar-refractivity contribution in [1.82, 2.24) is 5.32 Å². The van der Waals surface area contributed by atoms with E-state index in [1.807, 2.05) is 7.05 Å². The molecule has 0 aliphatic heterocycles. The lowest BCUT2D eigenvalue weighted by Crippen LogP contribution is -2.06. The third kappa shape index (κ3) is 2.80. The maximum Gasteiger partial charge on any atom is 0.0208 e. The number of nitrogens with one attached hydrogen (secondary N) is 1. The highest BCUT2D eigenvalue weighted by molar-refractivity contribution is 5.67. The van der Waals surface area contributed by atoms with Gasteiger partial charge in [0, 0.05) is 6.54 Å². The van der Waals surface area contributed by atoms with Gasteiger partial charge in [0.2, 0.25) is 0 Å². The minimum atomic E-state index is 0.589. The molecule has 1 heteroatoms. The van der Waals surface area contributed by atoms with Gasteiger partial charge in [-0.2, -0.15) is 0 Å². The molecule has 0 aromatic heterocycles. The lowest BCUT2D eigenvalue weighted by atomic mass is 9.96. The second-order valence-corrected chi connectivity index (χ2v) is 4.96. The molecule has 1 N–H and O–H groups in total. The lowest BCUT2D eigenvalue weighted by molar-refractivity contribution is 0.819. The molecule has 0 saturated heterocycles. The molecule has 2 aromatic carbocycles. The second kappa shape index (κ2) is 5.83. The van der Waals surface area contributed by atoms with Gasteiger partial charge >= 0.3 is 0 Å². The van der Waals surface area contributed by atoms with Crippen LogP contribution in [-0.4, -0.2) is 7.05 Å². The van der Waals surface area contributed by atoms with Gasteiger partial charge in [0.25, 0.3) is 0 Å². The van der Waals surface area contributed by atoms with E-state index in [2.05, 4.69) is 67.7 Å². The van der Waals surface area contributed by atoms with Gasteiger partial charge in [0.15, 0.2) is 0 Å². The second-order valence-electron chi connectivity index (χ2n) is 4.96. The van der Waals surface area contributed by atoms with Gasteiger partial charge in [-0.3, -0.25) is 0 Å². The van der Waals surface area contributed by atoms with E-state index in [4.69, 9.17) is 0 Å². The van der Waals surface area contributed by atoms with E-state index in [0.29, 0.717) is 5.92 Å². The topological polar surface area (TPSA) is 12.0 Å². The van der Waals surface area contributed by atoms with Crippen LogP contribution in [0.5, 0.6) is 0 Å². The molecule has 0 heterocycles. The highest BCUT2D eigenvalue weighted by atomic mass is 14.8. The van der Waals surface area contributed by atoms with E-state index in [9.17, 15) is 0 Å². The molecule has 94 valence electrons. The highest BCUT2D eigenvalue weighted by Crippen LogP contribution is 2.25. The van der Waals surface area contributed by atoms with Gasteiger partial charge in [-0.25, -0.2) is 0 Å². The van der Waals surface area contributed by atoms with Crippen molar-refractivity contribution >= 4 is 0 Å². The first-order chi connectivity index (χ1) is 8.72. The summed E-state index contributed by atoms with van der Waals surface area (Å²) in [4.78, 5) is 0. The van der Waals surface area contributed by atoms with Crippen molar-refractivity contribution < 1.29 is 0 Å². The molecule has 0 saturated carbocycles. The molecule has 0 atom stereocenters. The van der Waals surface area contributed by atoms with Crippen LogP contribution < -0.4 is 5.32 Å². The highest BCUT2D eigenvalue weighted by Gasteiger charge is 2.04. The van der Waals surface area contributed by atoms with E-state index < -0.39 is 0 Å². The third-order valence-electron chi connectivity index (χ3n) is 3.27. The van der Waals surface area contributed by atoms with Crippen molar-refractivity contribution in [3.8, 4) is 11.1 Å². The van der Waals surface area contributed by atoms with Gasteiger partial charge in [0.05, 0.1) is 0 Å². The summed E-state index contributed by atoms with van der Waals surface area (Å²) < 4.78 is 0. The van der Waals surface area contributed by atoms with Crippen LogP contribution in [0.2, 0.25) is 0 Å². The maximum atomic E-state index is 3.22. The van der Waals surface area contributed by atoms with Crippen LogP contribution in [0.15, 0.2) is 48.5 Å². The van der Waals surface area contributed by atoms with Crippen molar-refractivity contribution in [2.24, 2.45) is 0 Å². The standard InChI is InChI=1S/C17H21N/c1-13(2)14-8-10-15(11-9-14)17-7-5-4-6-16(17)12-18-3/h4-11,13,18H,12H2,1-3H3. The molecule has 2 aromatic rings. The molecule has 0 fully saturated rings. The lowest BCUT2D eigenvalue weighted by Gasteiger charge is -2.11. The molecule has 0 aliphatic rings. The number of rotatable bonds is 4. The molecular formula is C17H21N. The molecule has 18 heavy (non-hydrogen) atoms. The third-order valence-corrected chi connectivity index (χ3v) is 3.27. The van der Waals surface area contributed by atoms with Crippen LogP contribution in [0.25, 0.3) is 11.1 Å². The molecule has 1 nitrogen and oxygen atoms in total. The summed E-state index contributed by atoms with van der Waals surface area (Å²) in [5, 5.41) is 3.22. The predicted octanol–water partition coefficient (Wildman–Crippen LogP) is 4.20. The van der Waals surface area contributed by atoms with Gasteiger partial charge in [-0.1, -0.05) is 62.4 Å². The van der Waals surface area contributed by atoms with Crippen molar-refractivity contribution in [3.05, 3.63) is 59.7 Å². The predicted molar refractivity (Wildman–Crippen MR) is 78.7 cm³/mol. The smallest absolute Gasteiger partial charge is 0.0208 e. The Hall–Kier alpha value is -1.60. The minimum absolute atomic E-state index is 0.589. The maximum absolute atomic E-state index is 3.22. The van der Waals surface area contributed by atoms with Crippen molar-refractivity contribution in [3.63, 3.8) is 0 Å². The van der Waals surface area contributed by atoms with Gasteiger partial charge in [-0.05, 0) is 35.2 Å². The normalized spacial score (nSPS) is 10.9. The zero-order valence-corrected chi connectivity index (χ0v) is 11.4. The molecule has 0 aliphatic carbocycles. The van der Waals surface area contributed by atoms with E-state index in [1.54, 1.807) is 0 Å². The summed E-state index contributed by atoms with van der Waals surface area (Å²) in [6, 6.07) is 17.5.